The van der Waals surface area contributed by atoms with Crippen molar-refractivity contribution in [3.8, 4) is 5.88 Å². The highest BCUT2D eigenvalue weighted by molar-refractivity contribution is 5.97. The Morgan fingerprint density at radius 3 is 2.25 bits per heavy atom. The predicted molar refractivity (Wildman–Crippen MR) is 106 cm³/mol. The maximum atomic E-state index is 12.8. The number of amides is 2. The summed E-state index contributed by atoms with van der Waals surface area (Å²) in [6, 6.07) is 20.7. The van der Waals surface area contributed by atoms with Crippen LogP contribution in [-0.4, -0.2) is 23.9 Å². The van der Waals surface area contributed by atoms with Crippen LogP contribution in [0.15, 0.2) is 79.0 Å². The van der Waals surface area contributed by atoms with Crippen LogP contribution >= 0.6 is 0 Å². The summed E-state index contributed by atoms with van der Waals surface area (Å²) in [4.78, 5) is 29.5. The summed E-state index contributed by atoms with van der Waals surface area (Å²) >= 11 is 0. The number of carbonyl (C=O) groups is 2. The fraction of sp³-hybridized carbons (Fsp3) is 0.136. The minimum absolute atomic E-state index is 0.292. The van der Waals surface area contributed by atoms with Crippen molar-refractivity contribution >= 4 is 11.8 Å². The molecule has 3 rings (SSSR count). The highest BCUT2D eigenvalue weighted by atomic mass is 16.5. The van der Waals surface area contributed by atoms with Gasteiger partial charge in [-0.05, 0) is 23.3 Å². The summed E-state index contributed by atoms with van der Waals surface area (Å²) < 4.78 is 5.03. The smallest absolute Gasteiger partial charge is 0.252 e. The molecule has 1 heterocycles. The molecule has 3 aromatic rings. The van der Waals surface area contributed by atoms with Crippen molar-refractivity contribution in [3.05, 3.63) is 95.7 Å². The van der Waals surface area contributed by atoms with E-state index in [0.29, 0.717) is 23.6 Å². The minimum Gasteiger partial charge on any atom is -0.481 e. The number of methoxy groups -OCH3 is 1. The molecule has 0 fully saturated rings. The Kier molecular flexibility index (Phi) is 6.36. The molecule has 28 heavy (non-hydrogen) atoms. The SMILES string of the molecule is COc1ccc(CNC(=O)C(NC(=O)c2ccccc2)c2ccccc2)cn1. The Hall–Kier alpha value is -3.67. The van der Waals surface area contributed by atoms with Crippen molar-refractivity contribution in [3.63, 3.8) is 0 Å². The Balaban J connectivity index is 1.72. The molecule has 6 nitrogen and oxygen atoms in total. The molecule has 0 aliphatic rings. The van der Waals surface area contributed by atoms with Gasteiger partial charge in [0.15, 0.2) is 0 Å². The number of benzene rings is 2. The van der Waals surface area contributed by atoms with Gasteiger partial charge in [0.25, 0.3) is 5.91 Å². The van der Waals surface area contributed by atoms with E-state index in [0.717, 1.165) is 5.56 Å². The van der Waals surface area contributed by atoms with Crippen LogP contribution in [0.5, 0.6) is 5.88 Å². The first-order valence-corrected chi connectivity index (χ1v) is 8.85. The van der Waals surface area contributed by atoms with Crippen LogP contribution in [0.4, 0.5) is 0 Å². The molecule has 0 bridgehead atoms. The van der Waals surface area contributed by atoms with Crippen LogP contribution in [0.2, 0.25) is 0 Å². The lowest BCUT2D eigenvalue weighted by Gasteiger charge is -2.19. The minimum atomic E-state index is -0.805. The molecule has 1 aromatic heterocycles. The Morgan fingerprint density at radius 2 is 1.64 bits per heavy atom. The number of nitrogens with zero attached hydrogens (tertiary/aromatic N) is 1. The third kappa shape index (κ3) is 4.94. The van der Waals surface area contributed by atoms with E-state index in [4.69, 9.17) is 4.74 Å². The molecule has 0 saturated carbocycles. The zero-order valence-corrected chi connectivity index (χ0v) is 15.5. The molecule has 0 radical (unpaired) electrons. The van der Waals surface area contributed by atoms with Gasteiger partial charge in [-0.2, -0.15) is 0 Å². The number of rotatable bonds is 7. The van der Waals surface area contributed by atoms with Gasteiger partial charge in [-0.3, -0.25) is 9.59 Å². The number of ether oxygens (including phenoxy) is 1. The normalized spacial score (nSPS) is 11.3. The summed E-state index contributed by atoms with van der Waals surface area (Å²) in [5, 5.41) is 5.67. The monoisotopic (exact) mass is 375 g/mol. The van der Waals surface area contributed by atoms with Gasteiger partial charge in [-0.25, -0.2) is 4.98 Å². The first-order valence-electron chi connectivity index (χ1n) is 8.85. The van der Waals surface area contributed by atoms with Crippen molar-refractivity contribution in [2.45, 2.75) is 12.6 Å². The average Bonchev–Trinajstić information content (AvgIpc) is 2.77. The van der Waals surface area contributed by atoms with Crippen molar-refractivity contribution in [1.82, 2.24) is 15.6 Å². The first kappa shape index (κ1) is 19.1. The van der Waals surface area contributed by atoms with Crippen molar-refractivity contribution in [2.75, 3.05) is 7.11 Å². The largest absolute Gasteiger partial charge is 0.481 e. The molecule has 0 aliphatic heterocycles. The van der Waals surface area contributed by atoms with E-state index in [1.807, 2.05) is 42.5 Å². The molecular formula is C22H21N3O3. The van der Waals surface area contributed by atoms with E-state index in [1.165, 1.54) is 0 Å². The maximum absolute atomic E-state index is 12.8. The van der Waals surface area contributed by atoms with Crippen LogP contribution < -0.4 is 15.4 Å². The zero-order valence-electron chi connectivity index (χ0n) is 15.5. The van der Waals surface area contributed by atoms with Gasteiger partial charge in [0.1, 0.15) is 6.04 Å². The van der Waals surface area contributed by atoms with Gasteiger partial charge in [0, 0.05) is 24.4 Å². The maximum Gasteiger partial charge on any atom is 0.252 e. The van der Waals surface area contributed by atoms with Gasteiger partial charge in [-0.15, -0.1) is 0 Å². The van der Waals surface area contributed by atoms with Crippen molar-refractivity contribution < 1.29 is 14.3 Å². The lowest BCUT2D eigenvalue weighted by atomic mass is 10.1. The Morgan fingerprint density at radius 1 is 0.964 bits per heavy atom. The number of pyridine rings is 1. The molecule has 142 valence electrons. The third-order valence-corrected chi connectivity index (χ3v) is 4.18. The van der Waals surface area contributed by atoms with Gasteiger partial charge < -0.3 is 15.4 Å². The van der Waals surface area contributed by atoms with E-state index in [-0.39, 0.29) is 11.8 Å². The fourth-order valence-electron chi connectivity index (χ4n) is 2.68. The van der Waals surface area contributed by atoms with Crippen LogP contribution in [0.25, 0.3) is 0 Å². The second-order valence-electron chi connectivity index (χ2n) is 6.11. The highest BCUT2D eigenvalue weighted by Gasteiger charge is 2.23. The lowest BCUT2D eigenvalue weighted by Crippen LogP contribution is -2.40. The molecular weight excluding hydrogens is 354 g/mol. The summed E-state index contributed by atoms with van der Waals surface area (Å²) in [5.41, 5.74) is 2.03. The standard InChI is InChI=1S/C22H21N3O3/c1-28-19-13-12-16(14-23-19)15-24-22(27)20(17-8-4-2-5-9-17)25-21(26)18-10-6-3-7-11-18/h2-14,20H,15H2,1H3,(H,24,27)(H,25,26). The molecule has 2 N–H and O–H groups in total. The molecule has 2 aromatic carbocycles. The molecule has 2 amide bonds. The van der Waals surface area contributed by atoms with Gasteiger partial charge in [0.2, 0.25) is 11.8 Å². The number of nitrogens with one attached hydrogen (secondary N) is 2. The second kappa shape index (κ2) is 9.32. The number of aromatic nitrogens is 1. The number of hydrogen-bond acceptors (Lipinski definition) is 4. The lowest BCUT2D eigenvalue weighted by molar-refractivity contribution is -0.123. The first-order chi connectivity index (χ1) is 13.7. The zero-order chi connectivity index (χ0) is 19.8. The molecule has 0 aliphatic carbocycles. The quantitative estimate of drug-likeness (QED) is 0.665. The van der Waals surface area contributed by atoms with E-state index >= 15 is 0 Å². The van der Waals surface area contributed by atoms with Crippen LogP contribution in [0.1, 0.15) is 27.5 Å². The summed E-state index contributed by atoms with van der Waals surface area (Å²) in [7, 11) is 1.55. The third-order valence-electron chi connectivity index (χ3n) is 4.18. The topological polar surface area (TPSA) is 80.3 Å². The molecule has 1 unspecified atom stereocenters. The van der Waals surface area contributed by atoms with E-state index < -0.39 is 6.04 Å². The van der Waals surface area contributed by atoms with Gasteiger partial charge >= 0.3 is 0 Å². The van der Waals surface area contributed by atoms with Crippen LogP contribution in [-0.2, 0) is 11.3 Å². The van der Waals surface area contributed by atoms with E-state index in [9.17, 15) is 9.59 Å². The fourth-order valence-corrected chi connectivity index (χ4v) is 2.68. The predicted octanol–water partition coefficient (Wildman–Crippen LogP) is 2.88. The molecule has 0 spiro atoms. The van der Waals surface area contributed by atoms with Gasteiger partial charge in [0.05, 0.1) is 7.11 Å². The Labute approximate surface area is 163 Å². The summed E-state index contributed by atoms with van der Waals surface area (Å²) in [5.74, 6) is -0.102. The molecule has 0 saturated heterocycles. The summed E-state index contributed by atoms with van der Waals surface area (Å²) in [6.07, 6.45) is 1.64. The molecule has 6 heteroatoms. The van der Waals surface area contributed by atoms with Crippen LogP contribution in [0.3, 0.4) is 0 Å². The van der Waals surface area contributed by atoms with Crippen molar-refractivity contribution in [2.24, 2.45) is 0 Å². The molecule has 1 atom stereocenters. The number of hydrogen-bond donors (Lipinski definition) is 2. The second-order valence-corrected chi connectivity index (χ2v) is 6.11. The summed E-state index contributed by atoms with van der Waals surface area (Å²) in [6.45, 7) is 0.292. The Bertz CT molecular complexity index is 913. The van der Waals surface area contributed by atoms with Crippen molar-refractivity contribution in [1.29, 1.82) is 0 Å². The average molecular weight is 375 g/mol. The highest BCUT2D eigenvalue weighted by Crippen LogP contribution is 2.15. The van der Waals surface area contributed by atoms with E-state index in [1.54, 1.807) is 43.6 Å². The van der Waals surface area contributed by atoms with E-state index in [2.05, 4.69) is 15.6 Å². The van der Waals surface area contributed by atoms with Gasteiger partial charge in [-0.1, -0.05) is 54.6 Å². The van der Waals surface area contributed by atoms with Crippen LogP contribution in [0, 0.1) is 0 Å². The number of carbonyl (C=O) groups excluding carboxylic acids is 2.